The van der Waals surface area contributed by atoms with Crippen LogP contribution in [0.3, 0.4) is 0 Å². The van der Waals surface area contributed by atoms with Crippen molar-refractivity contribution < 1.29 is 13.2 Å². The van der Waals surface area contributed by atoms with Crippen molar-refractivity contribution in [1.29, 1.82) is 5.26 Å². The third kappa shape index (κ3) is 7.22. The molecule has 166 valence electrons. The number of hydrogen-bond acceptors (Lipinski definition) is 5. The van der Waals surface area contributed by atoms with E-state index in [0.29, 0.717) is 48.5 Å². The van der Waals surface area contributed by atoms with E-state index >= 15 is 0 Å². The third-order valence-corrected chi connectivity index (χ3v) is 7.44. The van der Waals surface area contributed by atoms with Gasteiger partial charge in [-0.25, -0.2) is 8.42 Å². The number of nitriles is 1. The van der Waals surface area contributed by atoms with Gasteiger partial charge in [0.15, 0.2) is 9.84 Å². The van der Waals surface area contributed by atoms with Crippen LogP contribution in [0.15, 0.2) is 41.3 Å². The van der Waals surface area contributed by atoms with Crippen LogP contribution in [0.5, 0.6) is 0 Å². The fourth-order valence-corrected chi connectivity index (χ4v) is 4.92. The van der Waals surface area contributed by atoms with Crippen LogP contribution in [0.1, 0.15) is 36.0 Å². The number of amides is 1. The normalized spacial score (nSPS) is 11.2. The van der Waals surface area contributed by atoms with Crippen LogP contribution in [-0.2, 0) is 21.2 Å². The molecule has 0 saturated carbocycles. The maximum atomic E-state index is 12.5. The van der Waals surface area contributed by atoms with E-state index in [9.17, 15) is 13.2 Å². The predicted molar refractivity (Wildman–Crippen MR) is 123 cm³/mol. The van der Waals surface area contributed by atoms with Gasteiger partial charge < -0.3 is 10.2 Å². The Morgan fingerprint density at radius 1 is 1.13 bits per heavy atom. The summed E-state index contributed by atoms with van der Waals surface area (Å²) in [5.41, 5.74) is 2.08. The van der Waals surface area contributed by atoms with Gasteiger partial charge in [-0.1, -0.05) is 35.3 Å². The van der Waals surface area contributed by atoms with Crippen molar-refractivity contribution in [1.82, 2.24) is 10.2 Å². The van der Waals surface area contributed by atoms with Gasteiger partial charge in [-0.2, -0.15) is 5.26 Å². The van der Waals surface area contributed by atoms with Crippen molar-refractivity contribution in [3.63, 3.8) is 0 Å². The second kappa shape index (κ2) is 11.5. The minimum atomic E-state index is -3.58. The Balaban J connectivity index is 1.72. The van der Waals surface area contributed by atoms with Crippen LogP contribution >= 0.6 is 23.2 Å². The van der Waals surface area contributed by atoms with Crippen molar-refractivity contribution >= 4 is 38.9 Å². The first-order valence-electron chi connectivity index (χ1n) is 9.77. The summed E-state index contributed by atoms with van der Waals surface area (Å²) >= 11 is 12.1. The standard InChI is InChI=1S/C22H25Cl2N3O3S/c1-16-19(23)10-11-20(22(16)24)31(29,30)15-26-12-4-3-5-21(28)27(2)14-18-8-6-17(13-25)7-9-18/h6-11,26H,3-5,12,14-15H2,1-2H3. The quantitative estimate of drug-likeness (QED) is 0.510. The molecule has 6 nitrogen and oxygen atoms in total. The zero-order chi connectivity index (χ0) is 23.0. The lowest BCUT2D eigenvalue weighted by Crippen LogP contribution is -2.27. The van der Waals surface area contributed by atoms with Crippen LogP contribution in [-0.4, -0.2) is 38.7 Å². The van der Waals surface area contributed by atoms with Gasteiger partial charge in [0.1, 0.15) is 5.88 Å². The van der Waals surface area contributed by atoms with Crippen molar-refractivity contribution in [2.45, 2.75) is 37.6 Å². The van der Waals surface area contributed by atoms with E-state index in [2.05, 4.69) is 11.4 Å². The molecule has 0 radical (unpaired) electrons. The minimum Gasteiger partial charge on any atom is -0.341 e. The molecule has 31 heavy (non-hydrogen) atoms. The molecule has 2 aromatic rings. The fraction of sp³-hybridized carbons (Fsp3) is 0.364. The van der Waals surface area contributed by atoms with Crippen LogP contribution in [0.25, 0.3) is 0 Å². The number of benzene rings is 2. The molecule has 1 amide bonds. The maximum absolute atomic E-state index is 12.5. The number of carbonyl (C=O) groups is 1. The highest BCUT2D eigenvalue weighted by Crippen LogP contribution is 2.30. The highest BCUT2D eigenvalue weighted by Gasteiger charge is 2.20. The molecule has 2 aromatic carbocycles. The molecular weight excluding hydrogens is 457 g/mol. The molecule has 0 aromatic heterocycles. The lowest BCUT2D eigenvalue weighted by atomic mass is 10.1. The zero-order valence-electron chi connectivity index (χ0n) is 17.5. The first-order valence-corrected chi connectivity index (χ1v) is 12.2. The lowest BCUT2D eigenvalue weighted by molar-refractivity contribution is -0.130. The van der Waals surface area contributed by atoms with Gasteiger partial charge in [0.05, 0.1) is 21.6 Å². The summed E-state index contributed by atoms with van der Waals surface area (Å²) < 4.78 is 25.0. The van der Waals surface area contributed by atoms with Crippen LogP contribution in [0.4, 0.5) is 0 Å². The number of nitrogens with zero attached hydrogens (tertiary/aromatic N) is 2. The third-order valence-electron chi connectivity index (χ3n) is 4.83. The van der Waals surface area contributed by atoms with Crippen molar-refractivity contribution in [2.24, 2.45) is 0 Å². The zero-order valence-corrected chi connectivity index (χ0v) is 19.8. The average molecular weight is 482 g/mol. The number of halogens is 2. The molecule has 0 aliphatic heterocycles. The van der Waals surface area contributed by atoms with Crippen molar-refractivity contribution in [3.05, 3.63) is 63.1 Å². The highest BCUT2D eigenvalue weighted by molar-refractivity contribution is 7.91. The number of sulfone groups is 1. The molecule has 0 atom stereocenters. The number of unbranched alkanes of at least 4 members (excludes halogenated alkanes) is 1. The molecule has 0 heterocycles. The van der Waals surface area contributed by atoms with Crippen LogP contribution < -0.4 is 5.32 Å². The monoisotopic (exact) mass is 481 g/mol. The molecule has 2 rings (SSSR count). The molecule has 0 aliphatic carbocycles. The van der Waals surface area contributed by atoms with E-state index in [1.165, 1.54) is 12.1 Å². The van der Waals surface area contributed by atoms with Gasteiger partial charge in [0.2, 0.25) is 5.91 Å². The van der Waals surface area contributed by atoms with Gasteiger partial charge in [0, 0.05) is 25.0 Å². The Bertz CT molecular complexity index is 1060. The van der Waals surface area contributed by atoms with E-state index in [0.717, 1.165) is 5.56 Å². The predicted octanol–water partition coefficient (Wildman–Crippen LogP) is 4.32. The van der Waals surface area contributed by atoms with E-state index in [-0.39, 0.29) is 21.7 Å². The topological polar surface area (TPSA) is 90.3 Å². The average Bonchev–Trinajstić information content (AvgIpc) is 2.74. The Morgan fingerprint density at radius 2 is 1.81 bits per heavy atom. The molecule has 9 heteroatoms. The van der Waals surface area contributed by atoms with Gasteiger partial charge in [-0.15, -0.1) is 0 Å². The Hall–Kier alpha value is -2.11. The smallest absolute Gasteiger partial charge is 0.222 e. The summed E-state index contributed by atoms with van der Waals surface area (Å²) in [4.78, 5) is 14.0. The highest BCUT2D eigenvalue weighted by atomic mass is 35.5. The summed E-state index contributed by atoms with van der Waals surface area (Å²) in [6, 6.07) is 12.1. The molecule has 1 N–H and O–H groups in total. The van der Waals surface area contributed by atoms with Gasteiger partial charge >= 0.3 is 0 Å². The van der Waals surface area contributed by atoms with E-state index in [1.54, 1.807) is 31.0 Å². The molecular formula is C22H25Cl2N3O3S. The first kappa shape index (κ1) is 25.2. The molecule has 0 spiro atoms. The van der Waals surface area contributed by atoms with E-state index < -0.39 is 9.84 Å². The number of rotatable bonds is 10. The Kier molecular flexibility index (Phi) is 9.32. The van der Waals surface area contributed by atoms with Crippen molar-refractivity contribution in [3.8, 4) is 6.07 Å². The largest absolute Gasteiger partial charge is 0.341 e. The molecule has 0 aliphatic rings. The molecule has 0 fully saturated rings. The fourth-order valence-electron chi connectivity index (χ4n) is 2.92. The van der Waals surface area contributed by atoms with E-state index in [1.807, 2.05) is 12.1 Å². The molecule has 0 unspecified atom stereocenters. The van der Waals surface area contributed by atoms with Gasteiger partial charge in [0.25, 0.3) is 0 Å². The molecule has 0 saturated heterocycles. The van der Waals surface area contributed by atoms with Crippen molar-refractivity contribution in [2.75, 3.05) is 19.5 Å². The Morgan fingerprint density at radius 3 is 2.45 bits per heavy atom. The summed E-state index contributed by atoms with van der Waals surface area (Å²) in [5.74, 6) is -0.222. The Labute approximate surface area is 193 Å². The summed E-state index contributed by atoms with van der Waals surface area (Å²) in [6.07, 6.45) is 1.69. The number of carbonyl (C=O) groups excluding carboxylic acids is 1. The van der Waals surface area contributed by atoms with E-state index in [4.69, 9.17) is 28.5 Å². The summed E-state index contributed by atoms with van der Waals surface area (Å²) in [6.45, 7) is 2.62. The minimum absolute atomic E-state index is 0.0143. The maximum Gasteiger partial charge on any atom is 0.222 e. The van der Waals surface area contributed by atoms with Crippen LogP contribution in [0.2, 0.25) is 10.0 Å². The van der Waals surface area contributed by atoms with Gasteiger partial charge in [-0.3, -0.25) is 4.79 Å². The second-order valence-electron chi connectivity index (χ2n) is 7.26. The SMILES string of the molecule is Cc1c(Cl)ccc(S(=O)(=O)CNCCCCC(=O)N(C)Cc2ccc(C#N)cc2)c1Cl. The second-order valence-corrected chi connectivity index (χ2v) is 10.0. The first-order chi connectivity index (χ1) is 14.7. The number of hydrogen-bond donors (Lipinski definition) is 1. The molecule has 0 bridgehead atoms. The van der Waals surface area contributed by atoms with Crippen LogP contribution in [0, 0.1) is 18.3 Å². The number of nitrogens with one attached hydrogen (secondary N) is 1. The lowest BCUT2D eigenvalue weighted by Gasteiger charge is -2.17. The summed E-state index contributed by atoms with van der Waals surface area (Å²) in [5, 5.41) is 12.3. The summed E-state index contributed by atoms with van der Waals surface area (Å²) in [7, 11) is -1.84. The van der Waals surface area contributed by atoms with Gasteiger partial charge in [-0.05, 0) is 61.7 Å².